The summed E-state index contributed by atoms with van der Waals surface area (Å²) in [6, 6.07) is 12.4. The minimum Gasteiger partial charge on any atom is -0.389 e. The molecule has 0 N–H and O–H groups in total. The van der Waals surface area contributed by atoms with E-state index >= 15 is 0 Å². The van der Waals surface area contributed by atoms with Gasteiger partial charge in [-0.25, -0.2) is 4.39 Å². The van der Waals surface area contributed by atoms with Crippen molar-refractivity contribution in [2.75, 3.05) is 0 Å². The Labute approximate surface area is 209 Å². The highest BCUT2D eigenvalue weighted by atomic mass is 35.5. The number of carbonyl (C=O) groups excluding carboxylic acids is 1. The molecule has 3 aromatic rings. The number of ketones is 1. The summed E-state index contributed by atoms with van der Waals surface area (Å²) in [6.45, 7) is 1.92. The van der Waals surface area contributed by atoms with Gasteiger partial charge in [-0.1, -0.05) is 30.1 Å². The standard InChI is InChI=1S/C28H27ClFN3O2/c1-18(24-8-6-23(30)17-32-24)11-27(34)21-13-19(25-7-5-22(29)16-31-25)12-20(14-21)26-15-28(35-33-26)9-3-2-4-10-28/h5-8,12-14,16-18H,2-4,9-11,15H2,1H3/t18-/m0/s1. The molecule has 0 unspecified atom stereocenters. The first kappa shape index (κ1) is 23.6. The van der Waals surface area contributed by atoms with Gasteiger partial charge >= 0.3 is 0 Å². The van der Waals surface area contributed by atoms with Crippen LogP contribution in [0.15, 0.2) is 60.0 Å². The maximum atomic E-state index is 13.4. The number of aromatic nitrogens is 2. The molecule has 7 heteroatoms. The van der Waals surface area contributed by atoms with Crippen molar-refractivity contribution in [2.24, 2.45) is 5.16 Å². The fourth-order valence-corrected chi connectivity index (χ4v) is 5.08. The summed E-state index contributed by atoms with van der Waals surface area (Å²) in [5, 5.41) is 5.02. The highest BCUT2D eigenvalue weighted by molar-refractivity contribution is 6.30. The number of carbonyl (C=O) groups is 1. The van der Waals surface area contributed by atoms with Crippen LogP contribution >= 0.6 is 11.6 Å². The van der Waals surface area contributed by atoms with Crippen molar-refractivity contribution in [1.82, 2.24) is 9.97 Å². The molecule has 1 aliphatic carbocycles. The number of oxime groups is 1. The van der Waals surface area contributed by atoms with Gasteiger partial charge < -0.3 is 4.84 Å². The van der Waals surface area contributed by atoms with Crippen molar-refractivity contribution < 1.29 is 14.0 Å². The molecule has 0 amide bonds. The van der Waals surface area contributed by atoms with Crippen molar-refractivity contribution >= 4 is 23.1 Å². The molecule has 3 heterocycles. The molecule has 5 nitrogen and oxygen atoms in total. The van der Waals surface area contributed by atoms with Crippen LogP contribution in [0.4, 0.5) is 4.39 Å². The predicted molar refractivity (Wildman–Crippen MR) is 134 cm³/mol. The zero-order chi connectivity index (χ0) is 24.4. The van der Waals surface area contributed by atoms with E-state index in [1.54, 1.807) is 18.3 Å². The van der Waals surface area contributed by atoms with E-state index in [4.69, 9.17) is 16.4 Å². The molecule has 0 bridgehead atoms. The molecule has 1 aliphatic heterocycles. The molecule has 0 saturated heterocycles. The molecule has 2 aromatic heterocycles. The van der Waals surface area contributed by atoms with Gasteiger partial charge in [-0.3, -0.25) is 14.8 Å². The zero-order valence-corrected chi connectivity index (χ0v) is 20.4. The van der Waals surface area contributed by atoms with Crippen LogP contribution in [0.5, 0.6) is 0 Å². The fraction of sp³-hybridized carbons (Fsp3) is 0.357. The van der Waals surface area contributed by atoms with Gasteiger partial charge in [0.05, 0.1) is 22.6 Å². The summed E-state index contributed by atoms with van der Waals surface area (Å²) in [7, 11) is 0. The van der Waals surface area contributed by atoms with Crippen LogP contribution in [0.25, 0.3) is 11.3 Å². The fourth-order valence-electron chi connectivity index (χ4n) is 4.97. The minimum atomic E-state index is -0.393. The highest BCUT2D eigenvalue weighted by Crippen LogP contribution is 2.40. The van der Waals surface area contributed by atoms with Gasteiger partial charge in [-0.05, 0) is 68.1 Å². The van der Waals surface area contributed by atoms with Gasteiger partial charge in [0.15, 0.2) is 5.78 Å². The first-order chi connectivity index (χ1) is 16.9. The van der Waals surface area contributed by atoms with Gasteiger partial charge in [-0.15, -0.1) is 0 Å². The van der Waals surface area contributed by atoms with Crippen LogP contribution in [-0.2, 0) is 4.84 Å². The van der Waals surface area contributed by atoms with Crippen molar-refractivity contribution in [3.8, 4) is 11.3 Å². The van der Waals surface area contributed by atoms with Crippen molar-refractivity contribution in [1.29, 1.82) is 0 Å². The van der Waals surface area contributed by atoms with Gasteiger partial charge in [0, 0.05) is 47.3 Å². The number of hydrogen-bond donors (Lipinski definition) is 0. The molecule has 1 fully saturated rings. The molecular weight excluding hydrogens is 465 g/mol. The van der Waals surface area contributed by atoms with Gasteiger partial charge in [0.1, 0.15) is 11.4 Å². The van der Waals surface area contributed by atoms with Crippen molar-refractivity contribution in [3.05, 3.63) is 82.5 Å². The lowest BCUT2D eigenvalue weighted by Crippen LogP contribution is -2.31. The monoisotopic (exact) mass is 491 g/mol. The summed E-state index contributed by atoms with van der Waals surface area (Å²) in [5.41, 5.74) is 4.34. The number of pyridine rings is 2. The molecule has 180 valence electrons. The average Bonchev–Trinajstić information content (AvgIpc) is 3.28. The first-order valence-electron chi connectivity index (χ1n) is 12.1. The van der Waals surface area contributed by atoms with Gasteiger partial charge in [-0.2, -0.15) is 0 Å². The number of rotatable bonds is 6. The molecule has 1 atom stereocenters. The topological polar surface area (TPSA) is 64.4 Å². The Hall–Kier alpha value is -3.12. The van der Waals surface area contributed by atoms with Gasteiger partial charge in [0.2, 0.25) is 0 Å². The smallest absolute Gasteiger partial charge is 0.163 e. The number of nitrogens with zero attached hydrogens (tertiary/aromatic N) is 3. The Morgan fingerprint density at radius 3 is 2.57 bits per heavy atom. The average molecular weight is 492 g/mol. The Bertz CT molecular complexity index is 1250. The zero-order valence-electron chi connectivity index (χ0n) is 19.6. The minimum absolute atomic E-state index is 0.0208. The van der Waals surface area contributed by atoms with Crippen LogP contribution in [0.3, 0.4) is 0 Å². The van der Waals surface area contributed by atoms with Crippen LogP contribution in [-0.4, -0.2) is 27.1 Å². The van der Waals surface area contributed by atoms with E-state index in [-0.39, 0.29) is 23.7 Å². The van der Waals surface area contributed by atoms with Gasteiger partial charge in [0.25, 0.3) is 0 Å². The second kappa shape index (κ2) is 9.86. The van der Waals surface area contributed by atoms with Crippen LogP contribution < -0.4 is 0 Å². The van der Waals surface area contributed by atoms with Crippen LogP contribution in [0.1, 0.15) is 79.4 Å². The van der Waals surface area contributed by atoms with Crippen molar-refractivity contribution in [2.45, 2.75) is 63.4 Å². The largest absolute Gasteiger partial charge is 0.389 e. The lowest BCUT2D eigenvalue weighted by Gasteiger charge is -2.30. The summed E-state index contributed by atoms with van der Waals surface area (Å²) >= 11 is 6.04. The van der Waals surface area contributed by atoms with E-state index < -0.39 is 5.82 Å². The summed E-state index contributed by atoms with van der Waals surface area (Å²) in [4.78, 5) is 28.0. The van der Waals surface area contributed by atoms with E-state index in [0.717, 1.165) is 54.6 Å². The third kappa shape index (κ3) is 5.27. The quantitative estimate of drug-likeness (QED) is 0.344. The second-order valence-electron chi connectivity index (χ2n) is 9.64. The lowest BCUT2D eigenvalue weighted by atomic mass is 9.80. The number of hydrogen-bond acceptors (Lipinski definition) is 5. The van der Waals surface area contributed by atoms with E-state index in [0.29, 0.717) is 16.3 Å². The maximum absolute atomic E-state index is 13.4. The molecule has 35 heavy (non-hydrogen) atoms. The summed E-state index contributed by atoms with van der Waals surface area (Å²) < 4.78 is 13.3. The third-order valence-electron chi connectivity index (χ3n) is 6.96. The predicted octanol–water partition coefficient (Wildman–Crippen LogP) is 7.14. The van der Waals surface area contributed by atoms with Crippen molar-refractivity contribution in [3.63, 3.8) is 0 Å². The SMILES string of the molecule is C[C@@H](CC(=O)c1cc(C2=NOC3(CCCCC3)C2)cc(-c2ccc(Cl)cn2)c1)c1ccc(F)cn1. The maximum Gasteiger partial charge on any atom is 0.163 e. The van der Waals surface area contributed by atoms with E-state index in [2.05, 4.69) is 15.1 Å². The lowest BCUT2D eigenvalue weighted by molar-refractivity contribution is -0.0449. The summed E-state index contributed by atoms with van der Waals surface area (Å²) in [6.07, 6.45) is 9.32. The molecule has 1 aromatic carbocycles. The van der Waals surface area contributed by atoms with E-state index in [1.165, 1.54) is 18.7 Å². The first-order valence-corrected chi connectivity index (χ1v) is 12.5. The molecule has 0 radical (unpaired) electrons. The third-order valence-corrected chi connectivity index (χ3v) is 7.19. The molecule has 5 rings (SSSR count). The molecule has 1 spiro atoms. The Kier molecular flexibility index (Phi) is 6.65. The Balaban J connectivity index is 1.45. The number of benzene rings is 1. The highest BCUT2D eigenvalue weighted by Gasteiger charge is 2.40. The van der Waals surface area contributed by atoms with E-state index in [1.807, 2.05) is 31.2 Å². The second-order valence-corrected chi connectivity index (χ2v) is 10.1. The Morgan fingerprint density at radius 2 is 1.86 bits per heavy atom. The number of halogens is 2. The van der Waals surface area contributed by atoms with Crippen LogP contribution in [0.2, 0.25) is 5.02 Å². The molecule has 1 saturated carbocycles. The molecular formula is C28H27ClFN3O2. The molecule has 2 aliphatic rings. The Morgan fingerprint density at radius 1 is 1.06 bits per heavy atom. The van der Waals surface area contributed by atoms with E-state index in [9.17, 15) is 9.18 Å². The normalized spacial score (nSPS) is 17.6. The number of Topliss-reactive ketones (excluding diaryl/α,β-unsaturated/α-hetero) is 1. The van der Waals surface area contributed by atoms with Crippen LogP contribution in [0, 0.1) is 5.82 Å². The summed E-state index contributed by atoms with van der Waals surface area (Å²) in [5.74, 6) is -0.565.